The number of alkyl halides is 3. The molecule has 5 rings (SSSR count). The van der Waals surface area contributed by atoms with Crippen LogP contribution in [0.1, 0.15) is 57.2 Å². The molecule has 0 unspecified atom stereocenters. The predicted octanol–water partition coefficient (Wildman–Crippen LogP) is 6.36. The number of carbonyl (C=O) groups is 1. The van der Waals surface area contributed by atoms with Gasteiger partial charge in [0, 0.05) is 29.0 Å². The molecule has 0 saturated heterocycles. The van der Waals surface area contributed by atoms with Gasteiger partial charge >= 0.3 is 12.1 Å². The van der Waals surface area contributed by atoms with E-state index in [1.807, 2.05) is 13.8 Å². The number of H-pyrrole nitrogens is 1. The minimum atomic E-state index is -4.60. The third-order valence-corrected chi connectivity index (χ3v) is 9.07. The second-order valence-corrected chi connectivity index (χ2v) is 12.2. The van der Waals surface area contributed by atoms with Crippen molar-refractivity contribution in [1.82, 2.24) is 25.1 Å². The lowest BCUT2D eigenvalue weighted by Gasteiger charge is -2.37. The smallest absolute Gasteiger partial charge is 0.433 e. The van der Waals surface area contributed by atoms with Gasteiger partial charge in [-0.05, 0) is 55.7 Å². The molecular weight excluding hydrogens is 545 g/mol. The van der Waals surface area contributed by atoms with Crippen LogP contribution < -0.4 is 5.32 Å². The average molecular weight is 575 g/mol. The fraction of sp³-hybridized carbons (Fsp3) is 0.444. The molecule has 3 atom stereocenters. The van der Waals surface area contributed by atoms with Gasteiger partial charge in [-0.25, -0.2) is 15.0 Å². The number of benzene rings is 1. The van der Waals surface area contributed by atoms with E-state index in [0.29, 0.717) is 52.8 Å². The fourth-order valence-corrected chi connectivity index (χ4v) is 6.68. The first-order valence-corrected chi connectivity index (χ1v) is 13.6. The van der Waals surface area contributed by atoms with Crippen LogP contribution in [-0.4, -0.2) is 41.3 Å². The third kappa shape index (κ3) is 5.39. The van der Waals surface area contributed by atoms with Crippen LogP contribution in [0.5, 0.6) is 0 Å². The maximum absolute atomic E-state index is 13.1. The molecule has 0 amide bonds. The number of hydrogen-bond donors (Lipinski definition) is 4. The number of nitrogens with zero attached hydrogens (tertiary/aromatic N) is 4. The highest BCUT2D eigenvalue weighted by Crippen LogP contribution is 2.49. The summed E-state index contributed by atoms with van der Waals surface area (Å²) in [6, 6.07) is 4.26. The monoisotopic (exact) mass is 574 g/mol. The predicted molar refractivity (Wildman–Crippen MR) is 144 cm³/mol. The molecule has 3 heterocycles. The lowest BCUT2D eigenvalue weighted by atomic mass is 9.70. The van der Waals surface area contributed by atoms with Crippen LogP contribution in [-0.2, 0) is 16.6 Å². The van der Waals surface area contributed by atoms with Gasteiger partial charge in [0.1, 0.15) is 16.3 Å². The van der Waals surface area contributed by atoms with E-state index < -0.39 is 34.8 Å². The molecule has 9 nitrogen and oxygen atoms in total. The Morgan fingerprint density at radius 3 is 2.70 bits per heavy atom. The SMILES string of the molecule is CC1(C)C[C@@H]([C@@](C)(O)c2ncc(-c3cc(Nc4nccc(C(F)(F)F)n4)cc4cn[nH]c34)s2)CCC[C@@H]1C(=O)O. The maximum atomic E-state index is 13.1. The number of rotatable bonds is 6. The molecule has 1 saturated carbocycles. The highest BCUT2D eigenvalue weighted by molar-refractivity contribution is 7.15. The van der Waals surface area contributed by atoms with Gasteiger partial charge in [-0.15, -0.1) is 11.3 Å². The number of hydrogen-bond acceptors (Lipinski definition) is 8. The number of aromatic nitrogens is 5. The van der Waals surface area contributed by atoms with Gasteiger partial charge < -0.3 is 15.5 Å². The molecular formula is C27H29F3N6O3S. The minimum Gasteiger partial charge on any atom is -0.481 e. The highest BCUT2D eigenvalue weighted by atomic mass is 32.1. The molecule has 4 N–H and O–H groups in total. The third-order valence-electron chi connectivity index (χ3n) is 7.81. The number of carboxylic acids is 1. The zero-order chi connectivity index (χ0) is 28.9. The van der Waals surface area contributed by atoms with E-state index in [2.05, 4.69) is 30.5 Å². The second-order valence-electron chi connectivity index (χ2n) is 11.1. The van der Waals surface area contributed by atoms with Gasteiger partial charge in [-0.3, -0.25) is 9.89 Å². The van der Waals surface area contributed by atoms with Crippen molar-refractivity contribution >= 4 is 39.8 Å². The van der Waals surface area contributed by atoms with Crippen molar-refractivity contribution in [2.24, 2.45) is 17.3 Å². The van der Waals surface area contributed by atoms with E-state index in [-0.39, 0.29) is 11.9 Å². The van der Waals surface area contributed by atoms with Crippen molar-refractivity contribution in [1.29, 1.82) is 0 Å². The summed E-state index contributed by atoms with van der Waals surface area (Å²) in [6.45, 7) is 5.61. The molecule has 1 aliphatic rings. The molecule has 212 valence electrons. The zero-order valence-corrected chi connectivity index (χ0v) is 22.9. The molecule has 1 aromatic carbocycles. The topological polar surface area (TPSA) is 137 Å². The number of halogens is 3. The first kappa shape index (κ1) is 28.0. The number of aliphatic carboxylic acids is 1. The van der Waals surface area contributed by atoms with E-state index in [9.17, 15) is 28.2 Å². The summed E-state index contributed by atoms with van der Waals surface area (Å²) in [7, 11) is 0. The van der Waals surface area contributed by atoms with E-state index in [0.717, 1.165) is 17.1 Å². The van der Waals surface area contributed by atoms with Crippen LogP contribution in [0.15, 0.2) is 36.8 Å². The van der Waals surface area contributed by atoms with Gasteiger partial charge in [-0.2, -0.15) is 18.3 Å². The Hall–Kier alpha value is -3.58. The molecule has 13 heteroatoms. The maximum Gasteiger partial charge on any atom is 0.433 e. The molecule has 1 fully saturated rings. The Morgan fingerprint density at radius 2 is 1.98 bits per heavy atom. The van der Waals surface area contributed by atoms with Gasteiger partial charge in [0.25, 0.3) is 0 Å². The van der Waals surface area contributed by atoms with Crippen LogP contribution in [0.25, 0.3) is 21.3 Å². The summed E-state index contributed by atoms with van der Waals surface area (Å²) in [5.41, 5.74) is -0.996. The molecule has 0 aliphatic heterocycles. The Morgan fingerprint density at radius 1 is 1.20 bits per heavy atom. The molecule has 3 aromatic heterocycles. The largest absolute Gasteiger partial charge is 0.481 e. The van der Waals surface area contributed by atoms with Crippen molar-refractivity contribution < 1.29 is 28.2 Å². The Balaban J connectivity index is 1.46. The van der Waals surface area contributed by atoms with Crippen LogP contribution in [0.4, 0.5) is 24.8 Å². The van der Waals surface area contributed by atoms with Gasteiger partial charge in [0.15, 0.2) is 0 Å². The van der Waals surface area contributed by atoms with Crippen LogP contribution >= 0.6 is 11.3 Å². The average Bonchev–Trinajstić information content (AvgIpc) is 3.51. The fourth-order valence-electron chi connectivity index (χ4n) is 5.61. The van der Waals surface area contributed by atoms with Crippen molar-refractivity contribution in [3.63, 3.8) is 0 Å². The number of fused-ring (bicyclic) bond motifs is 1. The molecule has 0 radical (unpaired) electrons. The zero-order valence-electron chi connectivity index (χ0n) is 22.1. The van der Waals surface area contributed by atoms with Crippen LogP contribution in [0, 0.1) is 17.3 Å². The number of aliphatic hydroxyl groups is 1. The lowest BCUT2D eigenvalue weighted by Crippen LogP contribution is -2.37. The summed E-state index contributed by atoms with van der Waals surface area (Å²) in [6.07, 6.45) is 2.16. The molecule has 40 heavy (non-hydrogen) atoms. The van der Waals surface area contributed by atoms with E-state index in [1.165, 1.54) is 11.3 Å². The summed E-state index contributed by atoms with van der Waals surface area (Å²) >= 11 is 1.31. The second kappa shape index (κ2) is 10.1. The Bertz CT molecular complexity index is 1550. The summed E-state index contributed by atoms with van der Waals surface area (Å²) in [5, 5.41) is 32.6. The lowest BCUT2D eigenvalue weighted by molar-refractivity contribution is -0.147. The Labute approximate surface area is 231 Å². The molecule has 0 bridgehead atoms. The van der Waals surface area contributed by atoms with Crippen LogP contribution in [0.3, 0.4) is 0 Å². The standard InChI is InChI=1S/C27H29F3N6O3S/c1-25(2)11-15(5-4-6-18(25)22(37)38)26(3,39)23-32-13-19(40-23)17-10-16(9-14-12-33-36-21(14)17)34-24-31-8-7-20(35-24)27(28,29)30/h7-10,12-13,15,18,39H,4-6,11H2,1-3H3,(H,33,36)(H,37,38)(H,31,34,35)/t15-,18+,26+/m0/s1. The van der Waals surface area contributed by atoms with Crippen molar-refractivity contribution in [3.05, 3.63) is 47.5 Å². The first-order chi connectivity index (χ1) is 18.8. The minimum absolute atomic E-state index is 0.191. The molecule has 0 spiro atoms. The van der Waals surface area contributed by atoms with Crippen molar-refractivity contribution in [2.75, 3.05) is 5.32 Å². The van der Waals surface area contributed by atoms with Crippen molar-refractivity contribution in [3.8, 4) is 10.4 Å². The normalized spacial score (nSPS) is 21.1. The summed E-state index contributed by atoms with van der Waals surface area (Å²) < 4.78 is 39.4. The number of nitrogens with one attached hydrogen (secondary N) is 2. The highest BCUT2D eigenvalue weighted by Gasteiger charge is 2.45. The number of aromatic amines is 1. The number of carboxylic acid groups (broad SMARTS) is 1. The molecule has 4 aromatic rings. The number of thiazole rings is 1. The quantitative estimate of drug-likeness (QED) is 0.195. The van der Waals surface area contributed by atoms with E-state index in [4.69, 9.17) is 0 Å². The number of anilines is 2. The van der Waals surface area contributed by atoms with E-state index in [1.54, 1.807) is 31.5 Å². The van der Waals surface area contributed by atoms with Gasteiger partial charge in [0.2, 0.25) is 5.95 Å². The van der Waals surface area contributed by atoms with Gasteiger partial charge in [0.05, 0.1) is 22.5 Å². The van der Waals surface area contributed by atoms with Crippen LogP contribution in [0.2, 0.25) is 0 Å². The summed E-state index contributed by atoms with van der Waals surface area (Å²) in [5.74, 6) is -1.68. The van der Waals surface area contributed by atoms with Crippen molar-refractivity contribution in [2.45, 2.75) is 58.2 Å². The first-order valence-electron chi connectivity index (χ1n) is 12.8. The Kier molecular flexibility index (Phi) is 7.07. The molecule has 1 aliphatic carbocycles. The summed E-state index contributed by atoms with van der Waals surface area (Å²) in [4.78, 5) is 24.6. The van der Waals surface area contributed by atoms with E-state index >= 15 is 0 Å². The van der Waals surface area contributed by atoms with Gasteiger partial charge in [-0.1, -0.05) is 20.3 Å².